The molecule has 186 valence electrons. The number of aromatic nitrogens is 1. The first kappa shape index (κ1) is 22.7. The number of hydrogen-bond acceptors (Lipinski definition) is 6. The van der Waals surface area contributed by atoms with E-state index >= 15 is 0 Å². The molecular weight excluding hydrogens is 447 g/mol. The number of benzene rings is 1. The summed E-state index contributed by atoms with van der Waals surface area (Å²) >= 11 is 0. The van der Waals surface area contributed by atoms with Gasteiger partial charge in [-0.15, -0.1) is 0 Å². The van der Waals surface area contributed by atoms with Gasteiger partial charge in [0.25, 0.3) is 0 Å². The molecule has 1 aromatic carbocycles. The van der Waals surface area contributed by atoms with Gasteiger partial charge in [0.05, 0.1) is 55.1 Å². The van der Waals surface area contributed by atoms with E-state index in [1.54, 1.807) is 0 Å². The average molecular weight is 481 g/mol. The Balaban J connectivity index is 1.31. The van der Waals surface area contributed by atoms with E-state index in [1.165, 1.54) is 12.3 Å². The molecule has 2 aromatic rings. The van der Waals surface area contributed by atoms with Crippen LogP contribution in [0.3, 0.4) is 0 Å². The van der Waals surface area contributed by atoms with Gasteiger partial charge < -0.3 is 24.6 Å². The van der Waals surface area contributed by atoms with Crippen molar-refractivity contribution in [2.45, 2.75) is 76.9 Å². The summed E-state index contributed by atoms with van der Waals surface area (Å²) in [5.74, 6) is 0.219. The van der Waals surface area contributed by atoms with Crippen molar-refractivity contribution in [1.29, 1.82) is 0 Å². The summed E-state index contributed by atoms with van der Waals surface area (Å²) in [5, 5.41) is 3.36. The number of anilines is 4. The van der Waals surface area contributed by atoms with Gasteiger partial charge in [0.2, 0.25) is 5.91 Å². The number of fused-ring (bicyclic) bond motifs is 4. The van der Waals surface area contributed by atoms with E-state index < -0.39 is 5.82 Å². The molecule has 1 saturated carbocycles. The number of carbonyl (C=O) groups excluding carboxylic acids is 1. The van der Waals surface area contributed by atoms with Crippen LogP contribution in [-0.4, -0.2) is 48.4 Å². The number of rotatable bonds is 4. The Morgan fingerprint density at radius 3 is 2.77 bits per heavy atom. The fraction of sp³-hybridized carbons (Fsp3) is 0.556. The van der Waals surface area contributed by atoms with E-state index in [9.17, 15) is 9.18 Å². The van der Waals surface area contributed by atoms with Crippen LogP contribution in [-0.2, 0) is 20.8 Å². The van der Waals surface area contributed by atoms with Crippen LogP contribution in [0.1, 0.15) is 51.5 Å². The first-order valence-corrected chi connectivity index (χ1v) is 12.8. The lowest BCUT2D eigenvalue weighted by atomic mass is 9.86. The Labute approximate surface area is 205 Å². The number of carbonyl (C=O) groups is 1. The summed E-state index contributed by atoms with van der Waals surface area (Å²) in [5.41, 5.74) is 3.42. The monoisotopic (exact) mass is 480 g/mol. The number of halogens is 1. The second kappa shape index (κ2) is 9.06. The Kier molecular flexibility index (Phi) is 5.89. The predicted molar refractivity (Wildman–Crippen MR) is 133 cm³/mol. The molecule has 8 heteroatoms. The highest BCUT2D eigenvalue weighted by Gasteiger charge is 2.40. The number of ether oxygens (including phenoxy) is 2. The minimum Gasteiger partial charge on any atom is -0.376 e. The molecule has 0 spiro atoms. The first-order chi connectivity index (χ1) is 16.9. The number of hydrogen-bond donors (Lipinski definition) is 1. The van der Waals surface area contributed by atoms with Gasteiger partial charge >= 0.3 is 0 Å². The summed E-state index contributed by atoms with van der Waals surface area (Å²) in [7, 11) is 0. The molecule has 2 atom stereocenters. The Morgan fingerprint density at radius 1 is 1.23 bits per heavy atom. The highest BCUT2D eigenvalue weighted by Crippen LogP contribution is 2.42. The lowest BCUT2D eigenvalue weighted by Gasteiger charge is -2.34. The third-order valence-corrected chi connectivity index (χ3v) is 7.77. The molecule has 1 amide bonds. The lowest BCUT2D eigenvalue weighted by molar-refractivity contribution is -0.124. The van der Waals surface area contributed by atoms with Gasteiger partial charge in [0, 0.05) is 23.7 Å². The molecule has 6 rings (SSSR count). The highest BCUT2D eigenvalue weighted by atomic mass is 19.1. The highest BCUT2D eigenvalue weighted by molar-refractivity contribution is 6.00. The fourth-order valence-electron chi connectivity index (χ4n) is 6.09. The molecule has 0 radical (unpaired) electrons. The molecule has 4 aliphatic rings. The van der Waals surface area contributed by atoms with Gasteiger partial charge in [-0.25, -0.2) is 9.37 Å². The van der Waals surface area contributed by atoms with E-state index in [0.29, 0.717) is 24.0 Å². The van der Waals surface area contributed by atoms with E-state index in [-0.39, 0.29) is 30.1 Å². The van der Waals surface area contributed by atoms with Crippen molar-refractivity contribution in [1.82, 2.24) is 4.98 Å². The quantitative estimate of drug-likeness (QED) is 0.680. The SMILES string of the molecule is CC(C)OC1CCC(C(=O)N2Cc3cc(F)cnc3Nc3ccc(N4C[C@@H]5C[C@H]4CO5)cc32)CC1. The number of morpholine rings is 1. The van der Waals surface area contributed by atoms with E-state index in [4.69, 9.17) is 9.47 Å². The Hall–Kier alpha value is -2.71. The van der Waals surface area contributed by atoms with Crippen molar-refractivity contribution in [3.8, 4) is 0 Å². The molecule has 35 heavy (non-hydrogen) atoms. The molecular formula is C27H33FN4O3. The van der Waals surface area contributed by atoms with E-state index in [2.05, 4.69) is 41.2 Å². The minimum atomic E-state index is -0.399. The zero-order valence-corrected chi connectivity index (χ0v) is 20.4. The van der Waals surface area contributed by atoms with Crippen molar-refractivity contribution >= 4 is 28.8 Å². The maximum atomic E-state index is 14.1. The number of pyridine rings is 1. The molecule has 2 saturated heterocycles. The van der Waals surface area contributed by atoms with Crippen LogP contribution in [0.5, 0.6) is 0 Å². The van der Waals surface area contributed by atoms with Crippen LogP contribution in [0.4, 0.5) is 27.3 Å². The molecule has 4 heterocycles. The summed E-state index contributed by atoms with van der Waals surface area (Å²) < 4.78 is 25.9. The molecule has 1 aromatic heterocycles. The summed E-state index contributed by atoms with van der Waals surface area (Å²) in [4.78, 5) is 22.5. The molecule has 1 aliphatic carbocycles. The van der Waals surface area contributed by atoms with Gasteiger partial charge in [-0.2, -0.15) is 0 Å². The Bertz CT molecular complexity index is 1120. The van der Waals surface area contributed by atoms with Gasteiger partial charge in [-0.1, -0.05) is 0 Å². The second-order valence-electron chi connectivity index (χ2n) is 10.6. The zero-order valence-electron chi connectivity index (χ0n) is 20.4. The summed E-state index contributed by atoms with van der Waals surface area (Å²) in [6.45, 7) is 6.02. The average Bonchev–Trinajstić information content (AvgIpc) is 3.44. The fourth-order valence-corrected chi connectivity index (χ4v) is 6.09. The van der Waals surface area contributed by atoms with Crippen LogP contribution < -0.4 is 15.1 Å². The van der Waals surface area contributed by atoms with Gasteiger partial charge in [-0.05, 0) is 70.2 Å². The van der Waals surface area contributed by atoms with Gasteiger partial charge in [0.15, 0.2) is 0 Å². The molecule has 3 aliphatic heterocycles. The number of nitrogens with zero attached hydrogens (tertiary/aromatic N) is 3. The molecule has 7 nitrogen and oxygen atoms in total. The smallest absolute Gasteiger partial charge is 0.230 e. The van der Waals surface area contributed by atoms with Crippen LogP contribution in [0.25, 0.3) is 0 Å². The summed E-state index contributed by atoms with van der Waals surface area (Å²) in [6, 6.07) is 8.08. The van der Waals surface area contributed by atoms with Crippen LogP contribution >= 0.6 is 0 Å². The minimum absolute atomic E-state index is 0.0715. The topological polar surface area (TPSA) is 66.9 Å². The third kappa shape index (κ3) is 4.38. The van der Waals surface area contributed by atoms with Crippen molar-refractivity contribution < 1.29 is 18.7 Å². The summed E-state index contributed by atoms with van der Waals surface area (Å²) in [6.07, 6.45) is 6.34. The van der Waals surface area contributed by atoms with E-state index in [0.717, 1.165) is 62.3 Å². The van der Waals surface area contributed by atoms with Crippen molar-refractivity contribution in [3.05, 3.63) is 41.8 Å². The Morgan fingerprint density at radius 2 is 2.06 bits per heavy atom. The standard InChI is InChI=1S/C27H33FN4O3/c1-16(2)35-22-6-3-17(4-7-22)27(33)32-13-18-9-19(28)12-29-26(18)30-24-8-5-20(11-25(24)32)31-14-23-10-21(31)15-34-23/h5,8-9,11-12,16-17,21-23H,3-4,6-7,10,13-15H2,1-2H3,(H,29,30)/t17?,21-,22?,23-/m0/s1. The molecule has 0 unspecified atom stereocenters. The van der Waals surface area contributed by atoms with Crippen molar-refractivity contribution in [2.75, 3.05) is 28.3 Å². The normalized spacial score (nSPS) is 27.4. The van der Waals surface area contributed by atoms with Crippen LogP contribution in [0, 0.1) is 11.7 Å². The second-order valence-corrected chi connectivity index (χ2v) is 10.6. The first-order valence-electron chi connectivity index (χ1n) is 12.8. The van der Waals surface area contributed by atoms with Gasteiger partial charge in [-0.3, -0.25) is 4.79 Å². The van der Waals surface area contributed by atoms with Crippen LogP contribution in [0.15, 0.2) is 30.5 Å². The zero-order chi connectivity index (χ0) is 24.1. The largest absolute Gasteiger partial charge is 0.376 e. The molecule has 1 N–H and O–H groups in total. The van der Waals surface area contributed by atoms with Crippen LogP contribution in [0.2, 0.25) is 0 Å². The number of nitrogens with one attached hydrogen (secondary N) is 1. The maximum absolute atomic E-state index is 14.1. The third-order valence-electron chi connectivity index (χ3n) is 7.77. The van der Waals surface area contributed by atoms with Crippen molar-refractivity contribution in [3.63, 3.8) is 0 Å². The maximum Gasteiger partial charge on any atom is 0.230 e. The molecule has 2 bridgehead atoms. The number of amides is 1. The van der Waals surface area contributed by atoms with E-state index in [1.807, 2.05) is 11.0 Å². The van der Waals surface area contributed by atoms with Gasteiger partial charge in [0.1, 0.15) is 11.6 Å². The molecule has 3 fully saturated rings. The predicted octanol–water partition coefficient (Wildman–Crippen LogP) is 4.77. The van der Waals surface area contributed by atoms with Crippen molar-refractivity contribution in [2.24, 2.45) is 5.92 Å². The lowest BCUT2D eigenvalue weighted by Crippen LogP contribution is -2.39.